The SMILES string of the molecule is CCCOCCOCCOCCOCCC(=O)NC(CCC(=O)NCC(O)C(O)C(O)CCO)C(=O)NCC(O)C(O)C(O)CCO. The molecule has 0 aromatic carbocycles. The Hall–Kier alpha value is -2.07. The molecule has 0 heterocycles. The second-order valence-electron chi connectivity index (χ2n) is 10.7. The number of rotatable bonds is 31. The Morgan fingerprint density at radius 3 is 1.47 bits per heavy atom. The van der Waals surface area contributed by atoms with Crippen LogP contribution < -0.4 is 16.0 Å². The molecule has 0 radical (unpaired) electrons. The maximum atomic E-state index is 12.9. The highest BCUT2D eigenvalue weighted by Gasteiger charge is 2.28. The Balaban J connectivity index is 4.76. The number of amides is 3. The average Bonchev–Trinajstić information content (AvgIpc) is 3.05. The van der Waals surface area contributed by atoms with Crippen molar-refractivity contribution in [3.8, 4) is 0 Å². The van der Waals surface area contributed by atoms with Gasteiger partial charge in [0.15, 0.2) is 0 Å². The van der Waals surface area contributed by atoms with Gasteiger partial charge in [-0.05, 0) is 25.7 Å². The maximum Gasteiger partial charge on any atom is 0.242 e. The molecule has 7 atom stereocenters. The van der Waals surface area contributed by atoms with E-state index < -0.39 is 86.7 Å². The molecule has 0 aliphatic rings. The van der Waals surface area contributed by atoms with E-state index in [1.165, 1.54) is 0 Å². The first-order valence-corrected chi connectivity index (χ1v) is 15.9. The van der Waals surface area contributed by atoms with Crippen LogP contribution in [-0.2, 0) is 33.3 Å². The number of ether oxygens (including phenoxy) is 4. The number of aliphatic hydroxyl groups is 8. The minimum atomic E-state index is -1.67. The molecule has 11 N–H and O–H groups in total. The number of hydrogen-bond acceptors (Lipinski definition) is 15. The lowest BCUT2D eigenvalue weighted by atomic mass is 10.0. The van der Waals surface area contributed by atoms with Crippen LogP contribution in [0, 0.1) is 0 Å². The Morgan fingerprint density at radius 2 is 1.00 bits per heavy atom. The molecule has 0 bridgehead atoms. The highest BCUT2D eigenvalue weighted by molar-refractivity contribution is 5.88. The van der Waals surface area contributed by atoms with E-state index >= 15 is 0 Å². The molecule has 0 saturated heterocycles. The first-order chi connectivity index (χ1) is 22.5. The molecule has 0 spiro atoms. The van der Waals surface area contributed by atoms with Crippen molar-refractivity contribution in [1.29, 1.82) is 0 Å². The molecule has 0 aliphatic heterocycles. The molecule has 0 aromatic rings. The lowest BCUT2D eigenvalue weighted by Crippen LogP contribution is -2.51. The van der Waals surface area contributed by atoms with Gasteiger partial charge in [-0.3, -0.25) is 14.4 Å². The first kappa shape index (κ1) is 44.9. The third kappa shape index (κ3) is 23.0. The average molecular weight is 688 g/mol. The van der Waals surface area contributed by atoms with Crippen LogP contribution in [0.3, 0.4) is 0 Å². The fourth-order valence-corrected chi connectivity index (χ4v) is 3.88. The van der Waals surface area contributed by atoms with Crippen LogP contribution in [0.2, 0.25) is 0 Å². The zero-order valence-electron chi connectivity index (χ0n) is 27.2. The van der Waals surface area contributed by atoms with E-state index in [2.05, 4.69) is 16.0 Å². The highest BCUT2D eigenvalue weighted by atomic mass is 16.6. The fourth-order valence-electron chi connectivity index (χ4n) is 3.88. The molecule has 18 nitrogen and oxygen atoms in total. The summed E-state index contributed by atoms with van der Waals surface area (Å²) in [6.45, 7) is 3.13. The molecule has 47 heavy (non-hydrogen) atoms. The Labute approximate surface area is 275 Å². The molecule has 3 amide bonds. The van der Waals surface area contributed by atoms with E-state index in [0.717, 1.165) is 6.42 Å². The molecule has 0 fully saturated rings. The van der Waals surface area contributed by atoms with Gasteiger partial charge >= 0.3 is 0 Å². The van der Waals surface area contributed by atoms with Crippen LogP contribution in [0.4, 0.5) is 0 Å². The molecule has 0 rings (SSSR count). The van der Waals surface area contributed by atoms with Gasteiger partial charge in [0.2, 0.25) is 17.7 Å². The van der Waals surface area contributed by atoms with Crippen LogP contribution in [-0.4, -0.2) is 180 Å². The van der Waals surface area contributed by atoms with Crippen LogP contribution in [0.15, 0.2) is 0 Å². The number of aliphatic hydroxyl groups excluding tert-OH is 8. The molecule has 0 aromatic heterocycles. The Morgan fingerprint density at radius 1 is 0.553 bits per heavy atom. The molecule has 18 heteroatoms. The highest BCUT2D eigenvalue weighted by Crippen LogP contribution is 2.06. The third-order valence-electron chi connectivity index (χ3n) is 6.67. The number of nitrogens with one attached hydrogen (secondary N) is 3. The molecule has 0 aliphatic carbocycles. The molecular weight excluding hydrogens is 630 g/mol. The summed E-state index contributed by atoms with van der Waals surface area (Å²) in [7, 11) is 0. The van der Waals surface area contributed by atoms with E-state index in [9.17, 15) is 45.0 Å². The minimum absolute atomic E-state index is 0.00524. The van der Waals surface area contributed by atoms with Gasteiger partial charge in [0.1, 0.15) is 18.2 Å². The van der Waals surface area contributed by atoms with E-state index in [0.29, 0.717) is 33.0 Å². The van der Waals surface area contributed by atoms with Crippen molar-refractivity contribution in [1.82, 2.24) is 16.0 Å². The lowest BCUT2D eigenvalue weighted by Gasteiger charge is -2.24. The zero-order valence-corrected chi connectivity index (χ0v) is 27.2. The topological polar surface area (TPSA) is 286 Å². The molecule has 0 saturated carbocycles. The summed E-state index contributed by atoms with van der Waals surface area (Å²) < 4.78 is 21.4. The van der Waals surface area contributed by atoms with Crippen LogP contribution in [0.25, 0.3) is 0 Å². The summed E-state index contributed by atoms with van der Waals surface area (Å²) in [4.78, 5) is 37.8. The van der Waals surface area contributed by atoms with Crippen molar-refractivity contribution in [3.63, 3.8) is 0 Å². The van der Waals surface area contributed by atoms with Crippen LogP contribution in [0.1, 0.15) is 45.4 Å². The van der Waals surface area contributed by atoms with Gasteiger partial charge in [-0.25, -0.2) is 0 Å². The van der Waals surface area contributed by atoms with Crippen LogP contribution >= 0.6 is 0 Å². The van der Waals surface area contributed by atoms with Gasteiger partial charge in [0.05, 0.1) is 70.7 Å². The number of carbonyl (C=O) groups is 3. The Bertz CT molecular complexity index is 813. The summed E-state index contributed by atoms with van der Waals surface area (Å²) in [5, 5.41) is 84.2. The van der Waals surface area contributed by atoms with Crippen molar-refractivity contribution in [2.24, 2.45) is 0 Å². The quantitative estimate of drug-likeness (QED) is 0.0305. The summed E-state index contributed by atoms with van der Waals surface area (Å²) in [5.74, 6) is -2.04. The smallest absolute Gasteiger partial charge is 0.242 e. The number of carbonyl (C=O) groups excluding carboxylic acids is 3. The summed E-state index contributed by atoms with van der Waals surface area (Å²) in [6.07, 6.45) is -9.40. The second kappa shape index (κ2) is 28.9. The van der Waals surface area contributed by atoms with Crippen molar-refractivity contribution < 1.29 is 74.2 Å². The van der Waals surface area contributed by atoms with E-state index in [1.807, 2.05) is 6.92 Å². The summed E-state index contributed by atoms with van der Waals surface area (Å²) >= 11 is 0. The van der Waals surface area contributed by atoms with E-state index in [1.54, 1.807) is 0 Å². The van der Waals surface area contributed by atoms with Crippen molar-refractivity contribution >= 4 is 17.7 Å². The van der Waals surface area contributed by atoms with Gasteiger partial charge in [0, 0.05) is 45.8 Å². The van der Waals surface area contributed by atoms with Gasteiger partial charge in [-0.2, -0.15) is 0 Å². The molecule has 7 unspecified atom stereocenters. The van der Waals surface area contributed by atoms with Gasteiger partial charge in [-0.15, -0.1) is 0 Å². The zero-order chi connectivity index (χ0) is 35.5. The van der Waals surface area contributed by atoms with Crippen molar-refractivity contribution in [2.45, 2.75) is 88.1 Å². The normalized spacial score (nSPS) is 16.0. The fraction of sp³-hybridized carbons (Fsp3) is 0.897. The second-order valence-corrected chi connectivity index (χ2v) is 10.7. The summed E-state index contributed by atoms with van der Waals surface area (Å²) in [5.41, 5.74) is 0. The first-order valence-electron chi connectivity index (χ1n) is 15.9. The van der Waals surface area contributed by atoms with Gasteiger partial charge < -0.3 is 75.8 Å². The van der Waals surface area contributed by atoms with Crippen LogP contribution in [0.5, 0.6) is 0 Å². The maximum absolute atomic E-state index is 12.9. The Kier molecular flexibility index (Phi) is 27.6. The number of hydrogen-bond donors (Lipinski definition) is 11. The minimum Gasteiger partial charge on any atom is -0.396 e. The molecule has 278 valence electrons. The monoisotopic (exact) mass is 687 g/mol. The standard InChI is InChI=1S/C29H57N3O15/c1-2-10-44-12-14-46-16-17-47-15-13-45-11-7-26(40)32-20(29(43)31-19-24(38)28(42)22(36)6-9-34)3-4-25(39)30-18-23(37)27(41)21(35)5-8-33/h20-24,27-28,33-38,41-42H,2-19H2,1H3,(H,30,39)(H,31,43)(H,32,40). The largest absolute Gasteiger partial charge is 0.396 e. The summed E-state index contributed by atoms with van der Waals surface area (Å²) in [6, 6.07) is -1.27. The predicted octanol–water partition coefficient (Wildman–Crippen LogP) is -4.72. The molecular formula is C29H57N3O15. The predicted molar refractivity (Wildman–Crippen MR) is 165 cm³/mol. The van der Waals surface area contributed by atoms with Gasteiger partial charge in [-0.1, -0.05) is 6.92 Å². The lowest BCUT2D eigenvalue weighted by molar-refractivity contribution is -0.131. The van der Waals surface area contributed by atoms with E-state index in [4.69, 9.17) is 29.2 Å². The third-order valence-corrected chi connectivity index (χ3v) is 6.67. The van der Waals surface area contributed by atoms with Crippen molar-refractivity contribution in [2.75, 3.05) is 79.2 Å². The van der Waals surface area contributed by atoms with E-state index in [-0.39, 0.29) is 51.9 Å². The van der Waals surface area contributed by atoms with Crippen molar-refractivity contribution in [3.05, 3.63) is 0 Å². The van der Waals surface area contributed by atoms with Gasteiger partial charge in [0.25, 0.3) is 0 Å².